The van der Waals surface area contributed by atoms with Crippen molar-refractivity contribution in [3.05, 3.63) is 52.0 Å². The first-order valence-electron chi connectivity index (χ1n) is 11.2. The van der Waals surface area contributed by atoms with Gasteiger partial charge in [-0.15, -0.1) is 0 Å². The van der Waals surface area contributed by atoms with E-state index in [9.17, 15) is 13.2 Å². The molecule has 0 aromatic heterocycles. The highest BCUT2D eigenvalue weighted by molar-refractivity contribution is 9.10. The van der Waals surface area contributed by atoms with Crippen LogP contribution in [-0.4, -0.2) is 50.9 Å². The standard InChI is InChI=1S/C24H28BrN3O3S/c1-16-3-7-20(8-4-16)27-12-11-26(15-17(27)2)32(30,31)23-14-22-19(13-21(23)25)9-10-28(22)24(29)18-5-6-18/h3-4,7-8,13-14,17-18H,5-6,9-12,15H2,1-2H3/t17-/m1/s1. The highest BCUT2D eigenvalue weighted by Crippen LogP contribution is 2.40. The van der Waals surface area contributed by atoms with E-state index in [0.29, 0.717) is 30.7 Å². The monoisotopic (exact) mass is 517 g/mol. The average Bonchev–Trinajstić information content (AvgIpc) is 3.53. The second kappa shape index (κ2) is 8.15. The van der Waals surface area contributed by atoms with Crippen LogP contribution in [0.4, 0.5) is 11.4 Å². The van der Waals surface area contributed by atoms with Crippen LogP contribution in [0.3, 0.4) is 0 Å². The van der Waals surface area contributed by atoms with Crippen LogP contribution in [-0.2, 0) is 21.2 Å². The van der Waals surface area contributed by atoms with Crippen molar-refractivity contribution in [1.82, 2.24) is 4.31 Å². The van der Waals surface area contributed by atoms with E-state index in [1.54, 1.807) is 15.3 Å². The number of fused-ring (bicyclic) bond motifs is 1. The summed E-state index contributed by atoms with van der Waals surface area (Å²) in [6.45, 7) is 6.24. The number of carbonyl (C=O) groups excluding carboxylic acids is 1. The maximum absolute atomic E-state index is 13.6. The second-order valence-corrected chi connectivity index (χ2v) is 11.9. The summed E-state index contributed by atoms with van der Waals surface area (Å²) in [6, 6.07) is 12.0. The molecule has 0 bridgehead atoms. The van der Waals surface area contributed by atoms with Gasteiger partial charge in [-0.2, -0.15) is 4.31 Å². The summed E-state index contributed by atoms with van der Waals surface area (Å²) >= 11 is 3.50. The molecule has 3 aliphatic rings. The van der Waals surface area contributed by atoms with Crippen molar-refractivity contribution in [2.45, 2.75) is 44.0 Å². The lowest BCUT2D eigenvalue weighted by Gasteiger charge is -2.40. The molecule has 1 amide bonds. The summed E-state index contributed by atoms with van der Waals surface area (Å²) in [7, 11) is -3.69. The van der Waals surface area contributed by atoms with Gasteiger partial charge in [-0.3, -0.25) is 4.79 Å². The predicted molar refractivity (Wildman–Crippen MR) is 130 cm³/mol. The number of nitrogens with zero attached hydrogens (tertiary/aromatic N) is 3. The zero-order valence-corrected chi connectivity index (χ0v) is 20.8. The van der Waals surface area contributed by atoms with Crippen LogP contribution in [0.2, 0.25) is 0 Å². The minimum atomic E-state index is -3.69. The average molecular weight is 518 g/mol. The minimum absolute atomic E-state index is 0.0578. The zero-order valence-electron chi connectivity index (χ0n) is 18.4. The number of benzene rings is 2. The van der Waals surface area contributed by atoms with Crippen molar-refractivity contribution in [3.8, 4) is 0 Å². The molecule has 32 heavy (non-hydrogen) atoms. The third kappa shape index (κ3) is 3.86. The highest BCUT2D eigenvalue weighted by Gasteiger charge is 2.39. The van der Waals surface area contributed by atoms with E-state index < -0.39 is 10.0 Å². The second-order valence-electron chi connectivity index (χ2n) is 9.17. The van der Waals surface area contributed by atoms with Crippen molar-refractivity contribution in [3.63, 3.8) is 0 Å². The van der Waals surface area contributed by atoms with E-state index in [0.717, 1.165) is 36.2 Å². The van der Waals surface area contributed by atoms with Gasteiger partial charge >= 0.3 is 0 Å². The summed E-state index contributed by atoms with van der Waals surface area (Å²) in [4.78, 5) is 17.0. The summed E-state index contributed by atoms with van der Waals surface area (Å²) in [5.41, 5.74) is 4.11. The fourth-order valence-corrected chi connectivity index (χ4v) is 7.35. The minimum Gasteiger partial charge on any atom is -0.366 e. The molecular formula is C24H28BrN3O3S. The molecule has 2 heterocycles. The first kappa shape index (κ1) is 21.9. The molecule has 0 N–H and O–H groups in total. The van der Waals surface area contributed by atoms with E-state index in [1.807, 2.05) is 6.07 Å². The van der Waals surface area contributed by atoms with Gasteiger partial charge in [-0.05, 0) is 78.9 Å². The van der Waals surface area contributed by atoms with E-state index in [4.69, 9.17) is 0 Å². The SMILES string of the molecule is Cc1ccc(N2CCN(S(=O)(=O)c3cc4c(cc3Br)CCN4C(=O)C3CC3)C[C@H]2C)cc1. The van der Waals surface area contributed by atoms with Crippen molar-refractivity contribution in [2.24, 2.45) is 5.92 Å². The molecule has 0 unspecified atom stereocenters. The van der Waals surface area contributed by atoms with Crippen LogP contribution < -0.4 is 9.80 Å². The van der Waals surface area contributed by atoms with E-state index in [-0.39, 0.29) is 22.8 Å². The Labute approximate surface area is 198 Å². The summed E-state index contributed by atoms with van der Waals surface area (Å²) in [5.74, 6) is 0.245. The molecule has 170 valence electrons. The molecular weight excluding hydrogens is 490 g/mol. The van der Waals surface area contributed by atoms with Gasteiger partial charge in [0.05, 0.1) is 4.90 Å². The Morgan fingerprint density at radius 3 is 2.44 bits per heavy atom. The number of halogens is 1. The van der Waals surface area contributed by atoms with Crippen molar-refractivity contribution in [2.75, 3.05) is 36.0 Å². The Balaban J connectivity index is 1.40. The number of aryl methyl sites for hydroxylation is 1. The number of amides is 1. The van der Waals surface area contributed by atoms with Gasteiger partial charge in [0.1, 0.15) is 0 Å². The van der Waals surface area contributed by atoms with Crippen molar-refractivity contribution >= 4 is 43.2 Å². The molecule has 2 aliphatic heterocycles. The Hall–Kier alpha value is -1.90. The summed E-state index contributed by atoms with van der Waals surface area (Å²) in [6.07, 6.45) is 2.64. The van der Waals surface area contributed by atoms with Crippen LogP contribution in [0.15, 0.2) is 45.8 Å². The van der Waals surface area contributed by atoms with Crippen LogP contribution in [0.25, 0.3) is 0 Å². The molecule has 2 aromatic carbocycles. The number of rotatable bonds is 4. The zero-order chi connectivity index (χ0) is 22.6. The maximum Gasteiger partial charge on any atom is 0.244 e. The van der Waals surface area contributed by atoms with Gasteiger partial charge in [0.25, 0.3) is 0 Å². The Kier molecular flexibility index (Phi) is 5.58. The van der Waals surface area contributed by atoms with Crippen molar-refractivity contribution < 1.29 is 13.2 Å². The molecule has 2 aromatic rings. The largest absolute Gasteiger partial charge is 0.366 e. The normalized spacial score (nSPS) is 21.7. The molecule has 5 rings (SSSR count). The molecule has 2 fully saturated rings. The maximum atomic E-state index is 13.6. The van der Waals surface area contributed by atoms with Crippen LogP contribution >= 0.6 is 15.9 Å². The number of hydrogen-bond acceptors (Lipinski definition) is 4. The van der Waals surface area contributed by atoms with Gasteiger partial charge in [0, 0.05) is 54.0 Å². The number of carbonyl (C=O) groups is 1. The lowest BCUT2D eigenvalue weighted by molar-refractivity contribution is -0.119. The smallest absolute Gasteiger partial charge is 0.244 e. The summed E-state index contributed by atoms with van der Waals surface area (Å²) in [5, 5.41) is 0. The molecule has 1 saturated carbocycles. The van der Waals surface area contributed by atoms with Crippen LogP contribution in [0.5, 0.6) is 0 Å². The van der Waals surface area contributed by atoms with E-state index in [1.165, 1.54) is 5.56 Å². The lowest BCUT2D eigenvalue weighted by atomic mass is 10.1. The number of sulfonamides is 1. The van der Waals surface area contributed by atoms with Gasteiger partial charge in [-0.25, -0.2) is 8.42 Å². The molecule has 8 heteroatoms. The van der Waals surface area contributed by atoms with Gasteiger partial charge in [0.2, 0.25) is 15.9 Å². The fourth-order valence-electron chi connectivity index (χ4n) is 4.77. The molecule has 1 atom stereocenters. The first-order chi connectivity index (χ1) is 15.3. The molecule has 6 nitrogen and oxygen atoms in total. The lowest BCUT2D eigenvalue weighted by Crippen LogP contribution is -2.53. The van der Waals surface area contributed by atoms with E-state index >= 15 is 0 Å². The van der Waals surface area contributed by atoms with Crippen molar-refractivity contribution in [1.29, 1.82) is 0 Å². The van der Waals surface area contributed by atoms with Crippen LogP contribution in [0.1, 0.15) is 30.9 Å². The third-order valence-corrected chi connectivity index (χ3v) is 9.62. The fraction of sp³-hybridized carbons (Fsp3) is 0.458. The summed E-state index contributed by atoms with van der Waals surface area (Å²) < 4.78 is 29.4. The van der Waals surface area contributed by atoms with Gasteiger partial charge in [-0.1, -0.05) is 17.7 Å². The first-order valence-corrected chi connectivity index (χ1v) is 13.5. The molecule has 1 saturated heterocycles. The predicted octanol–water partition coefficient (Wildman–Crippen LogP) is 3.96. The number of piperazine rings is 1. The Morgan fingerprint density at radius 1 is 1.06 bits per heavy atom. The Bertz CT molecular complexity index is 1160. The number of hydrogen-bond donors (Lipinski definition) is 0. The number of anilines is 2. The van der Waals surface area contributed by atoms with E-state index in [2.05, 4.69) is 58.9 Å². The Morgan fingerprint density at radius 2 is 1.78 bits per heavy atom. The topological polar surface area (TPSA) is 60.9 Å². The molecule has 1 aliphatic carbocycles. The third-order valence-electron chi connectivity index (χ3n) is 6.79. The highest BCUT2D eigenvalue weighted by atomic mass is 79.9. The molecule has 0 radical (unpaired) electrons. The molecule has 0 spiro atoms. The quantitative estimate of drug-likeness (QED) is 0.615. The van der Waals surface area contributed by atoms with Gasteiger partial charge in [0.15, 0.2) is 0 Å². The van der Waals surface area contributed by atoms with Gasteiger partial charge < -0.3 is 9.80 Å². The van der Waals surface area contributed by atoms with Crippen LogP contribution in [0, 0.1) is 12.8 Å².